The highest BCUT2D eigenvalue weighted by molar-refractivity contribution is 5.92. The largest absolute Gasteiger partial charge is 0.458 e. The lowest BCUT2D eigenvalue weighted by Crippen LogP contribution is -2.80. The molecule has 10 heteroatoms. The quantitative estimate of drug-likeness (QED) is 0.430. The standard InChI is InChI=1S/C32H43NO9/c1-6-33-14-30(15-38-2)19(34)13-20(39-3)31-18-12-17-23(35)28(41-5)32(37,22(27(31)33)25(40-4)26(30)31)21(18)24(17)42-29(36)16-10-8-7-9-11-16/h7-11,17-22,24-28,34,37H,6,12-15H2,1-5H3/t17-,18+,19+,20-,21-,22+,24+,25+,26+,27-,28-,30+,31+,32-/m1/s1. The summed E-state index contributed by atoms with van der Waals surface area (Å²) in [7, 11) is 6.48. The molecule has 0 aromatic heterocycles. The number of fused-ring (bicyclic) bond motifs is 2. The van der Waals surface area contributed by atoms with E-state index in [-0.39, 0.29) is 29.8 Å². The van der Waals surface area contributed by atoms with Crippen LogP contribution in [0, 0.1) is 40.4 Å². The zero-order chi connectivity index (χ0) is 29.8. The number of rotatable bonds is 8. The van der Waals surface area contributed by atoms with Gasteiger partial charge in [-0.3, -0.25) is 9.69 Å². The van der Waals surface area contributed by atoms with E-state index >= 15 is 0 Å². The van der Waals surface area contributed by atoms with Gasteiger partial charge in [0.2, 0.25) is 0 Å². The van der Waals surface area contributed by atoms with Gasteiger partial charge in [0, 0.05) is 76.0 Å². The maximum absolute atomic E-state index is 14.2. The summed E-state index contributed by atoms with van der Waals surface area (Å²) >= 11 is 0. The van der Waals surface area contributed by atoms with E-state index in [0.29, 0.717) is 38.1 Å². The molecule has 1 aromatic rings. The summed E-state index contributed by atoms with van der Waals surface area (Å²) in [6, 6.07) is 8.56. The molecule has 0 unspecified atom stereocenters. The van der Waals surface area contributed by atoms with Crippen molar-refractivity contribution in [2.75, 3.05) is 48.1 Å². The van der Waals surface area contributed by atoms with Gasteiger partial charge in [-0.2, -0.15) is 0 Å². The second-order valence-electron chi connectivity index (χ2n) is 13.5. The number of piperidine rings is 1. The summed E-state index contributed by atoms with van der Waals surface area (Å²) in [5.74, 6) is -2.97. The number of likely N-dealkylation sites (tertiary alicyclic amines) is 1. The first-order chi connectivity index (χ1) is 20.2. The Morgan fingerprint density at radius 3 is 2.38 bits per heavy atom. The van der Waals surface area contributed by atoms with E-state index in [2.05, 4.69) is 11.8 Å². The molecular weight excluding hydrogens is 542 g/mol. The van der Waals surface area contributed by atoms with Gasteiger partial charge < -0.3 is 33.9 Å². The van der Waals surface area contributed by atoms with E-state index in [1.165, 1.54) is 7.11 Å². The predicted octanol–water partition coefficient (Wildman–Crippen LogP) is 1.17. The number of Topliss-reactive ketones (excluding diaryl/α,β-unsaturated/α-hetero) is 1. The van der Waals surface area contributed by atoms with E-state index in [0.717, 1.165) is 0 Å². The zero-order valence-corrected chi connectivity index (χ0v) is 25.0. The molecule has 7 rings (SSSR count). The lowest BCUT2D eigenvalue weighted by atomic mass is 9.42. The molecule has 0 radical (unpaired) electrons. The van der Waals surface area contributed by atoms with Gasteiger partial charge >= 0.3 is 5.97 Å². The van der Waals surface area contributed by atoms with Crippen molar-refractivity contribution >= 4 is 11.8 Å². The summed E-state index contributed by atoms with van der Waals surface area (Å²) in [6.45, 7) is 3.67. The average Bonchev–Trinajstić information content (AvgIpc) is 3.44. The van der Waals surface area contributed by atoms with Gasteiger partial charge in [0.05, 0.1) is 36.4 Å². The van der Waals surface area contributed by atoms with Crippen molar-refractivity contribution in [2.45, 2.75) is 61.9 Å². The van der Waals surface area contributed by atoms with Crippen LogP contribution in [0.15, 0.2) is 30.3 Å². The molecule has 2 N–H and O–H groups in total. The van der Waals surface area contributed by atoms with Crippen molar-refractivity contribution in [3.05, 3.63) is 35.9 Å². The molecule has 7 bridgehead atoms. The summed E-state index contributed by atoms with van der Waals surface area (Å²) in [5, 5.41) is 25.1. The molecule has 230 valence electrons. The van der Waals surface area contributed by atoms with Crippen LogP contribution >= 0.6 is 0 Å². The third-order valence-corrected chi connectivity index (χ3v) is 12.6. The summed E-state index contributed by atoms with van der Waals surface area (Å²) < 4.78 is 30.7. The highest BCUT2D eigenvalue weighted by atomic mass is 16.6. The number of methoxy groups -OCH3 is 4. The van der Waals surface area contributed by atoms with Crippen LogP contribution in [0.1, 0.15) is 30.1 Å². The Hall–Kier alpha value is -1.92. The summed E-state index contributed by atoms with van der Waals surface area (Å²) in [5.41, 5.74) is -2.53. The van der Waals surface area contributed by atoms with Crippen molar-refractivity contribution in [3.63, 3.8) is 0 Å². The first kappa shape index (κ1) is 28.8. The van der Waals surface area contributed by atoms with Crippen LogP contribution in [-0.2, 0) is 28.5 Å². The van der Waals surface area contributed by atoms with Crippen molar-refractivity contribution in [3.8, 4) is 0 Å². The van der Waals surface area contributed by atoms with Crippen molar-refractivity contribution in [1.29, 1.82) is 0 Å². The summed E-state index contributed by atoms with van der Waals surface area (Å²) in [4.78, 5) is 30.0. The smallest absolute Gasteiger partial charge is 0.338 e. The second kappa shape index (κ2) is 9.79. The SMILES string of the molecule is CCN1C[C@]2(COC)[C@@H](O)C[C@@H](OC)[C@@]34[C@H]5C[C@@H]6C(=O)[C@@H](OC)[C@@](O)([C@H]5[C@H]6OC(=O)c5ccccc5)[C@@H]([C@H](OC)[C@@H]23)[C@@H]14. The fraction of sp³-hybridized carbons (Fsp3) is 0.750. The Labute approximate surface area is 246 Å². The second-order valence-corrected chi connectivity index (χ2v) is 13.5. The molecule has 6 fully saturated rings. The average molecular weight is 586 g/mol. The number of aliphatic hydroxyl groups excluding tert-OH is 1. The Morgan fingerprint density at radius 1 is 1.02 bits per heavy atom. The molecule has 1 aliphatic heterocycles. The van der Waals surface area contributed by atoms with Crippen LogP contribution in [0.3, 0.4) is 0 Å². The molecule has 1 aromatic carbocycles. The number of carbonyl (C=O) groups excluding carboxylic acids is 2. The fourth-order valence-corrected chi connectivity index (χ4v) is 11.7. The van der Waals surface area contributed by atoms with Crippen LogP contribution in [0.5, 0.6) is 0 Å². The van der Waals surface area contributed by atoms with Gasteiger partial charge in [-0.15, -0.1) is 0 Å². The normalized spacial score (nSPS) is 50.2. The van der Waals surface area contributed by atoms with Crippen molar-refractivity contribution in [1.82, 2.24) is 4.90 Å². The number of hydrogen-bond donors (Lipinski definition) is 2. The molecule has 1 saturated heterocycles. The maximum atomic E-state index is 14.2. The fourth-order valence-electron chi connectivity index (χ4n) is 11.7. The Bertz CT molecular complexity index is 1250. The van der Waals surface area contributed by atoms with Gasteiger partial charge in [0.15, 0.2) is 5.78 Å². The van der Waals surface area contributed by atoms with Gasteiger partial charge in [0.1, 0.15) is 17.8 Å². The van der Waals surface area contributed by atoms with Crippen LogP contribution in [0.2, 0.25) is 0 Å². The first-order valence-electron chi connectivity index (χ1n) is 15.2. The van der Waals surface area contributed by atoms with E-state index in [9.17, 15) is 19.8 Å². The molecule has 5 aliphatic carbocycles. The zero-order valence-electron chi connectivity index (χ0n) is 25.0. The minimum absolute atomic E-state index is 0.195. The topological polar surface area (TPSA) is 124 Å². The lowest BCUT2D eigenvalue weighted by Gasteiger charge is -2.70. The minimum atomic E-state index is -1.67. The number of ether oxygens (including phenoxy) is 5. The number of benzene rings is 1. The molecule has 6 aliphatic rings. The molecular formula is C32H43NO9. The minimum Gasteiger partial charge on any atom is -0.458 e. The molecule has 1 heterocycles. The first-order valence-corrected chi connectivity index (χ1v) is 15.2. The molecule has 5 saturated carbocycles. The molecule has 14 atom stereocenters. The number of aliphatic hydroxyl groups is 2. The molecule has 42 heavy (non-hydrogen) atoms. The Morgan fingerprint density at radius 2 is 1.76 bits per heavy atom. The summed E-state index contributed by atoms with van der Waals surface area (Å²) in [6.07, 6.45) is -2.66. The third-order valence-electron chi connectivity index (χ3n) is 12.6. The van der Waals surface area contributed by atoms with E-state index in [1.54, 1.807) is 45.6 Å². The monoisotopic (exact) mass is 585 g/mol. The molecule has 10 nitrogen and oxygen atoms in total. The van der Waals surface area contributed by atoms with Gasteiger partial charge in [0.25, 0.3) is 0 Å². The van der Waals surface area contributed by atoms with E-state index < -0.39 is 64.6 Å². The number of hydrogen-bond acceptors (Lipinski definition) is 10. The number of ketones is 1. The lowest BCUT2D eigenvalue weighted by molar-refractivity contribution is -0.300. The predicted molar refractivity (Wildman–Crippen MR) is 148 cm³/mol. The molecule has 0 amide bonds. The van der Waals surface area contributed by atoms with Crippen LogP contribution in [0.25, 0.3) is 0 Å². The van der Waals surface area contributed by atoms with Crippen LogP contribution in [0.4, 0.5) is 0 Å². The third kappa shape index (κ3) is 3.14. The number of esters is 1. The van der Waals surface area contributed by atoms with Gasteiger partial charge in [-0.1, -0.05) is 25.1 Å². The van der Waals surface area contributed by atoms with Crippen LogP contribution < -0.4 is 0 Å². The van der Waals surface area contributed by atoms with Crippen molar-refractivity contribution < 1.29 is 43.5 Å². The van der Waals surface area contributed by atoms with E-state index in [4.69, 9.17) is 23.7 Å². The van der Waals surface area contributed by atoms with Crippen LogP contribution in [-0.4, -0.2) is 117 Å². The Kier molecular flexibility index (Phi) is 6.72. The highest BCUT2D eigenvalue weighted by Crippen LogP contribution is 2.79. The maximum Gasteiger partial charge on any atom is 0.338 e. The van der Waals surface area contributed by atoms with Gasteiger partial charge in [-0.05, 0) is 31.0 Å². The number of carbonyl (C=O) groups is 2. The Balaban J connectivity index is 1.46. The van der Waals surface area contributed by atoms with Crippen molar-refractivity contribution in [2.24, 2.45) is 40.4 Å². The van der Waals surface area contributed by atoms with Gasteiger partial charge in [-0.25, -0.2) is 4.79 Å². The molecule has 1 spiro atoms. The van der Waals surface area contributed by atoms with E-state index in [1.807, 2.05) is 6.07 Å². The highest BCUT2D eigenvalue weighted by Gasteiger charge is 2.89. The number of nitrogens with zero attached hydrogens (tertiary/aromatic N) is 1.